The van der Waals surface area contributed by atoms with Gasteiger partial charge in [-0.1, -0.05) is 37.3 Å². The lowest BCUT2D eigenvalue weighted by Gasteiger charge is -2.17. The summed E-state index contributed by atoms with van der Waals surface area (Å²) in [4.78, 5) is 23.0. The molecule has 0 saturated carbocycles. The molecule has 3 N–H and O–H groups in total. The molecule has 2 heterocycles. The average Bonchev–Trinajstić information content (AvgIpc) is 3.00. The van der Waals surface area contributed by atoms with Gasteiger partial charge in [0.05, 0.1) is 5.39 Å². The van der Waals surface area contributed by atoms with Crippen LogP contribution in [0, 0.1) is 5.92 Å². The van der Waals surface area contributed by atoms with Gasteiger partial charge < -0.3 is 10.3 Å². The van der Waals surface area contributed by atoms with Crippen LogP contribution >= 0.6 is 11.3 Å². The first-order valence-corrected chi connectivity index (χ1v) is 10.3. The lowest BCUT2D eigenvalue weighted by molar-refractivity contribution is -0.729. The molecular weight excluding hydrogens is 342 g/mol. The molecule has 0 amide bonds. The van der Waals surface area contributed by atoms with Crippen molar-refractivity contribution >= 4 is 21.6 Å². The number of hydrogen-bond donors (Lipinski definition) is 2. The van der Waals surface area contributed by atoms with Crippen molar-refractivity contribution in [2.24, 2.45) is 5.92 Å². The maximum Gasteiger partial charge on any atom is 0.260 e. The van der Waals surface area contributed by atoms with Crippen LogP contribution in [0.25, 0.3) is 10.2 Å². The lowest BCUT2D eigenvalue weighted by atomic mass is 9.89. The Morgan fingerprint density at radius 3 is 2.77 bits per heavy atom. The minimum absolute atomic E-state index is 0.0321. The number of nitrogens with two attached hydrogens (primary N) is 1. The quantitative estimate of drug-likeness (QED) is 0.740. The van der Waals surface area contributed by atoms with Gasteiger partial charge in [-0.2, -0.15) is 0 Å². The zero-order valence-corrected chi connectivity index (χ0v) is 16.4. The number of aromatic nitrogens is 2. The van der Waals surface area contributed by atoms with E-state index in [0.717, 1.165) is 28.9 Å². The van der Waals surface area contributed by atoms with Crippen molar-refractivity contribution in [3.63, 3.8) is 0 Å². The average molecular weight is 369 g/mol. The summed E-state index contributed by atoms with van der Waals surface area (Å²) in [6.45, 7) is 6.59. The second kappa shape index (κ2) is 6.97. The monoisotopic (exact) mass is 368 g/mol. The Morgan fingerprint density at radius 2 is 2.00 bits per heavy atom. The summed E-state index contributed by atoms with van der Waals surface area (Å²) in [6, 6.07) is 10.8. The third-order valence-corrected chi connectivity index (χ3v) is 6.67. The molecule has 1 aliphatic carbocycles. The van der Waals surface area contributed by atoms with Gasteiger partial charge in [-0.15, -0.1) is 11.3 Å². The second-order valence-corrected chi connectivity index (χ2v) is 8.75. The number of aromatic amines is 1. The summed E-state index contributed by atoms with van der Waals surface area (Å²) in [5.74, 6) is 1.48. The van der Waals surface area contributed by atoms with E-state index in [1.807, 2.05) is 6.07 Å². The molecule has 0 unspecified atom stereocenters. The molecule has 3 aromatic rings. The summed E-state index contributed by atoms with van der Waals surface area (Å²) in [7, 11) is 0. The molecule has 0 fully saturated rings. The van der Waals surface area contributed by atoms with Crippen LogP contribution < -0.4 is 10.9 Å². The molecule has 0 radical (unpaired) electrons. The molecule has 0 spiro atoms. The fourth-order valence-electron chi connectivity index (χ4n) is 3.97. The van der Waals surface area contributed by atoms with Gasteiger partial charge in [0.25, 0.3) is 5.56 Å². The number of thiophene rings is 1. The Morgan fingerprint density at radius 1 is 1.23 bits per heavy atom. The highest BCUT2D eigenvalue weighted by molar-refractivity contribution is 7.18. The van der Waals surface area contributed by atoms with Crippen LogP contribution in [0.3, 0.4) is 0 Å². The van der Waals surface area contributed by atoms with Crippen LogP contribution in [0.2, 0.25) is 0 Å². The molecule has 1 aliphatic rings. The van der Waals surface area contributed by atoms with E-state index < -0.39 is 0 Å². The highest BCUT2D eigenvalue weighted by Gasteiger charge is 2.24. The Labute approximate surface area is 157 Å². The van der Waals surface area contributed by atoms with E-state index in [-0.39, 0.29) is 11.6 Å². The number of hydrogen-bond acceptors (Lipinski definition) is 3. The third kappa shape index (κ3) is 3.21. The normalized spacial score (nSPS) is 19.3. The molecule has 26 heavy (non-hydrogen) atoms. The van der Waals surface area contributed by atoms with E-state index >= 15 is 0 Å². The van der Waals surface area contributed by atoms with Crippen molar-refractivity contribution < 1.29 is 5.32 Å². The standard InChI is InChI=1S/C21H25N3OS/c1-12-9-10-16-17(11-12)26-21-18(16)20(25)23-19(24-21)14(3)22-13(2)15-7-5-4-6-8-15/h4-8,12-14,22H,9-11H2,1-3H3,(H,23,24,25)/p+1/t12-,13-,14-/m0/s1. The van der Waals surface area contributed by atoms with Gasteiger partial charge in [-0.05, 0) is 44.6 Å². The molecular formula is C21H26N3OS+. The molecule has 136 valence electrons. The minimum Gasteiger partial charge on any atom is -0.332 e. The number of quaternary nitrogens is 1. The van der Waals surface area contributed by atoms with Gasteiger partial charge in [-0.25, -0.2) is 4.98 Å². The summed E-state index contributed by atoms with van der Waals surface area (Å²) < 4.78 is 0. The fourth-order valence-corrected chi connectivity index (χ4v) is 5.36. The largest absolute Gasteiger partial charge is 0.332 e. The van der Waals surface area contributed by atoms with Crippen molar-refractivity contribution in [3.05, 3.63) is 62.5 Å². The Balaban J connectivity index is 1.64. The Hall–Kier alpha value is -1.98. The summed E-state index contributed by atoms with van der Waals surface area (Å²) >= 11 is 1.72. The van der Waals surface area contributed by atoms with E-state index in [2.05, 4.69) is 55.3 Å². The summed E-state index contributed by atoms with van der Waals surface area (Å²) in [5.41, 5.74) is 2.56. The van der Waals surface area contributed by atoms with Gasteiger partial charge in [0, 0.05) is 10.4 Å². The number of aryl methyl sites for hydroxylation is 1. The zero-order chi connectivity index (χ0) is 18.3. The molecule has 2 aromatic heterocycles. The van der Waals surface area contributed by atoms with Crippen LogP contribution in [0.15, 0.2) is 35.1 Å². The predicted molar refractivity (Wildman–Crippen MR) is 107 cm³/mol. The number of nitrogens with zero attached hydrogens (tertiary/aromatic N) is 1. The third-order valence-electron chi connectivity index (χ3n) is 5.52. The maximum atomic E-state index is 12.8. The molecule has 1 aromatic carbocycles. The number of fused-ring (bicyclic) bond motifs is 3. The zero-order valence-electron chi connectivity index (χ0n) is 15.6. The maximum absolute atomic E-state index is 12.8. The van der Waals surface area contributed by atoms with E-state index in [9.17, 15) is 4.79 Å². The van der Waals surface area contributed by atoms with E-state index in [0.29, 0.717) is 12.0 Å². The van der Waals surface area contributed by atoms with Crippen LogP contribution in [-0.4, -0.2) is 9.97 Å². The fraction of sp³-hybridized carbons (Fsp3) is 0.429. The molecule has 4 nitrogen and oxygen atoms in total. The SMILES string of the molecule is C[C@H]1CCc2c(sc3nc([C@H](C)[NH2+][C@@H](C)c4ccccc4)[nH]c(=O)c23)C1. The first-order chi connectivity index (χ1) is 12.5. The van der Waals surface area contributed by atoms with Crippen molar-refractivity contribution in [1.29, 1.82) is 0 Å². The highest BCUT2D eigenvalue weighted by atomic mass is 32.1. The second-order valence-electron chi connectivity index (χ2n) is 7.66. The van der Waals surface area contributed by atoms with Crippen LogP contribution in [0.4, 0.5) is 0 Å². The number of rotatable bonds is 4. The molecule has 0 saturated heterocycles. The minimum atomic E-state index is 0.0321. The van der Waals surface area contributed by atoms with Crippen molar-refractivity contribution in [3.8, 4) is 0 Å². The smallest absolute Gasteiger partial charge is 0.260 e. The molecule has 0 aliphatic heterocycles. The number of benzene rings is 1. The van der Waals surface area contributed by atoms with Gasteiger partial charge in [0.2, 0.25) is 0 Å². The van der Waals surface area contributed by atoms with Crippen molar-refractivity contribution in [2.75, 3.05) is 0 Å². The summed E-state index contributed by atoms with van der Waals surface area (Å²) in [6.07, 6.45) is 3.25. The predicted octanol–water partition coefficient (Wildman–Crippen LogP) is 3.50. The van der Waals surface area contributed by atoms with Crippen molar-refractivity contribution in [2.45, 2.75) is 52.1 Å². The van der Waals surface area contributed by atoms with Crippen molar-refractivity contribution in [1.82, 2.24) is 9.97 Å². The molecule has 5 heteroatoms. The van der Waals surface area contributed by atoms with Gasteiger partial charge in [-0.3, -0.25) is 4.79 Å². The molecule has 3 atom stereocenters. The number of nitrogens with one attached hydrogen (secondary N) is 1. The van der Waals surface area contributed by atoms with Gasteiger partial charge >= 0.3 is 0 Å². The lowest BCUT2D eigenvalue weighted by Crippen LogP contribution is -2.85. The first kappa shape index (κ1) is 17.4. The van der Waals surface area contributed by atoms with Gasteiger partial charge in [0.15, 0.2) is 5.82 Å². The Kier molecular flexibility index (Phi) is 4.67. The summed E-state index contributed by atoms with van der Waals surface area (Å²) in [5, 5.41) is 3.10. The highest BCUT2D eigenvalue weighted by Crippen LogP contribution is 2.35. The molecule has 4 rings (SSSR count). The topological polar surface area (TPSA) is 62.4 Å². The van der Waals surface area contributed by atoms with Crippen LogP contribution in [0.5, 0.6) is 0 Å². The molecule has 0 bridgehead atoms. The van der Waals surface area contributed by atoms with E-state index in [1.165, 1.54) is 22.4 Å². The van der Waals surface area contributed by atoms with E-state index in [4.69, 9.17) is 4.98 Å². The van der Waals surface area contributed by atoms with Crippen LogP contribution in [-0.2, 0) is 12.8 Å². The first-order valence-electron chi connectivity index (χ1n) is 9.47. The Bertz CT molecular complexity index is 976. The number of H-pyrrole nitrogens is 1. The van der Waals surface area contributed by atoms with Crippen LogP contribution in [0.1, 0.15) is 61.1 Å². The van der Waals surface area contributed by atoms with E-state index in [1.54, 1.807) is 11.3 Å². The van der Waals surface area contributed by atoms with Gasteiger partial charge in [0.1, 0.15) is 16.9 Å².